The van der Waals surface area contributed by atoms with Crippen molar-refractivity contribution in [2.75, 3.05) is 0 Å². The summed E-state index contributed by atoms with van der Waals surface area (Å²) in [7, 11) is 0. The molecule has 3 heteroatoms. The van der Waals surface area contributed by atoms with Crippen molar-refractivity contribution < 1.29 is 4.74 Å². The molecule has 29 heavy (non-hydrogen) atoms. The average Bonchev–Trinajstić information content (AvgIpc) is 3.29. The molecule has 0 N–H and O–H groups in total. The highest BCUT2D eigenvalue weighted by molar-refractivity contribution is 5.78. The third kappa shape index (κ3) is 2.00. The van der Waals surface area contributed by atoms with E-state index in [4.69, 9.17) is 9.84 Å². The van der Waals surface area contributed by atoms with E-state index in [-0.39, 0.29) is 5.41 Å². The molecule has 0 saturated heterocycles. The van der Waals surface area contributed by atoms with Crippen LogP contribution < -0.4 is 4.74 Å². The molecule has 0 fully saturated rings. The third-order valence-electron chi connectivity index (χ3n) is 6.29. The Morgan fingerprint density at radius 1 is 0.793 bits per heavy atom. The molecule has 1 aromatic heterocycles. The fraction of sp³-hybridized carbons (Fsp3) is 0.192. The molecule has 6 rings (SSSR count). The van der Waals surface area contributed by atoms with Gasteiger partial charge in [-0.15, -0.1) is 0 Å². The van der Waals surface area contributed by atoms with Crippen LogP contribution >= 0.6 is 0 Å². The van der Waals surface area contributed by atoms with Gasteiger partial charge < -0.3 is 4.74 Å². The molecule has 0 aliphatic carbocycles. The highest BCUT2D eigenvalue weighted by Crippen LogP contribution is 2.58. The number of hydrogen-bond acceptors (Lipinski definition) is 2. The van der Waals surface area contributed by atoms with Gasteiger partial charge in [0.05, 0.1) is 5.69 Å². The van der Waals surface area contributed by atoms with Crippen molar-refractivity contribution in [2.45, 2.75) is 31.7 Å². The number of aromatic nitrogens is 2. The smallest absolute Gasteiger partial charge is 0.146 e. The van der Waals surface area contributed by atoms with Crippen LogP contribution in [0.5, 0.6) is 11.5 Å². The van der Waals surface area contributed by atoms with Crippen molar-refractivity contribution in [2.24, 2.45) is 0 Å². The highest BCUT2D eigenvalue weighted by atomic mass is 16.5. The zero-order chi connectivity index (χ0) is 19.8. The van der Waals surface area contributed by atoms with E-state index in [1.807, 2.05) is 12.3 Å². The van der Waals surface area contributed by atoms with Gasteiger partial charge in [-0.25, -0.2) is 4.68 Å². The second-order valence-electron chi connectivity index (χ2n) is 8.94. The highest BCUT2D eigenvalue weighted by Gasteiger charge is 2.51. The van der Waals surface area contributed by atoms with Gasteiger partial charge in [-0.1, -0.05) is 75.4 Å². The van der Waals surface area contributed by atoms with E-state index < -0.39 is 5.54 Å². The van der Waals surface area contributed by atoms with Gasteiger partial charge in [0.15, 0.2) is 0 Å². The number of ether oxygens (including phenoxy) is 1. The lowest BCUT2D eigenvalue weighted by atomic mass is 9.74. The van der Waals surface area contributed by atoms with E-state index in [1.165, 1.54) is 16.7 Å². The third-order valence-corrected chi connectivity index (χ3v) is 6.29. The SMILES string of the molecule is CC(C)(C)c1ccc2c(c1)Oc1ccccc1C21c2ccccc2-c2ccnn21. The second kappa shape index (κ2) is 5.38. The Bertz CT molecular complexity index is 1280. The molecular formula is C26H22N2O. The monoisotopic (exact) mass is 378 g/mol. The Balaban J connectivity index is 1.77. The summed E-state index contributed by atoms with van der Waals surface area (Å²) in [4.78, 5) is 0. The fourth-order valence-corrected chi connectivity index (χ4v) is 4.92. The molecule has 2 aliphatic heterocycles. The van der Waals surface area contributed by atoms with Crippen LogP contribution in [-0.4, -0.2) is 9.78 Å². The minimum atomic E-state index is -0.518. The summed E-state index contributed by atoms with van der Waals surface area (Å²) < 4.78 is 8.64. The lowest BCUT2D eigenvalue weighted by Crippen LogP contribution is -2.38. The molecule has 0 radical (unpaired) electrons. The molecule has 142 valence electrons. The van der Waals surface area contributed by atoms with E-state index in [2.05, 4.69) is 92.2 Å². The standard InChI is InChI=1S/C26H22N2O/c1-25(2,3)17-12-13-21-24(16-17)29-23-11-7-6-10-20(23)26(21)19-9-5-4-8-18(19)22-14-15-27-28(22)26/h4-16H,1-3H3. The molecule has 4 aromatic rings. The Morgan fingerprint density at radius 3 is 2.34 bits per heavy atom. The van der Waals surface area contributed by atoms with Gasteiger partial charge in [-0.05, 0) is 34.7 Å². The summed E-state index contributed by atoms with van der Waals surface area (Å²) in [6.45, 7) is 6.70. The first-order valence-electron chi connectivity index (χ1n) is 10.1. The molecule has 0 bridgehead atoms. The van der Waals surface area contributed by atoms with Crippen LogP contribution in [0.1, 0.15) is 43.0 Å². The topological polar surface area (TPSA) is 27.1 Å². The van der Waals surface area contributed by atoms with Gasteiger partial charge in [0.1, 0.15) is 17.0 Å². The molecule has 3 nitrogen and oxygen atoms in total. The largest absolute Gasteiger partial charge is 0.457 e. The molecule has 2 aliphatic rings. The van der Waals surface area contributed by atoms with E-state index in [0.717, 1.165) is 28.3 Å². The summed E-state index contributed by atoms with van der Waals surface area (Å²) in [5.74, 6) is 1.80. The van der Waals surface area contributed by atoms with Crippen molar-refractivity contribution in [1.82, 2.24) is 9.78 Å². The quantitative estimate of drug-likeness (QED) is 0.319. The maximum Gasteiger partial charge on any atom is 0.146 e. The second-order valence-corrected chi connectivity index (χ2v) is 8.94. The van der Waals surface area contributed by atoms with Crippen LogP contribution in [0, 0.1) is 0 Å². The predicted molar refractivity (Wildman–Crippen MR) is 115 cm³/mol. The normalized spacial score (nSPS) is 18.6. The van der Waals surface area contributed by atoms with Gasteiger partial charge in [0, 0.05) is 22.9 Å². The molecule has 0 amide bonds. The zero-order valence-electron chi connectivity index (χ0n) is 16.8. The summed E-state index contributed by atoms with van der Waals surface area (Å²) in [5.41, 5.74) is 6.69. The summed E-state index contributed by atoms with van der Waals surface area (Å²) >= 11 is 0. The van der Waals surface area contributed by atoms with E-state index in [0.29, 0.717) is 0 Å². The first-order valence-corrected chi connectivity index (χ1v) is 10.1. The van der Waals surface area contributed by atoms with Gasteiger partial charge in [-0.3, -0.25) is 0 Å². The fourth-order valence-electron chi connectivity index (χ4n) is 4.92. The molecule has 1 atom stereocenters. The van der Waals surface area contributed by atoms with E-state index in [9.17, 15) is 0 Å². The van der Waals surface area contributed by atoms with Crippen LogP contribution in [0.15, 0.2) is 79.0 Å². The van der Waals surface area contributed by atoms with Crippen molar-refractivity contribution in [3.63, 3.8) is 0 Å². The number of hydrogen-bond donors (Lipinski definition) is 0. The van der Waals surface area contributed by atoms with Crippen LogP contribution in [-0.2, 0) is 11.0 Å². The molecule has 1 unspecified atom stereocenters. The number of benzene rings is 3. The van der Waals surface area contributed by atoms with Crippen LogP contribution in [0.2, 0.25) is 0 Å². The summed E-state index contributed by atoms with van der Waals surface area (Å²) in [6, 6.07) is 25.8. The molecule has 3 aromatic carbocycles. The lowest BCUT2D eigenvalue weighted by molar-refractivity contribution is 0.380. The van der Waals surface area contributed by atoms with Gasteiger partial charge >= 0.3 is 0 Å². The molecular weight excluding hydrogens is 356 g/mol. The van der Waals surface area contributed by atoms with Crippen LogP contribution in [0.4, 0.5) is 0 Å². The zero-order valence-corrected chi connectivity index (χ0v) is 16.8. The summed E-state index contributed by atoms with van der Waals surface area (Å²) in [6.07, 6.45) is 1.90. The first kappa shape index (κ1) is 16.6. The van der Waals surface area contributed by atoms with Gasteiger partial charge in [0.2, 0.25) is 0 Å². The number of fused-ring (bicyclic) bond motifs is 9. The van der Waals surface area contributed by atoms with Crippen molar-refractivity contribution >= 4 is 0 Å². The van der Waals surface area contributed by atoms with Crippen LogP contribution in [0.25, 0.3) is 11.3 Å². The maximum atomic E-state index is 6.47. The van der Waals surface area contributed by atoms with Crippen LogP contribution in [0.3, 0.4) is 0 Å². The average molecular weight is 378 g/mol. The molecule has 3 heterocycles. The number of para-hydroxylation sites is 1. The number of rotatable bonds is 0. The number of nitrogens with zero attached hydrogens (tertiary/aromatic N) is 2. The molecule has 0 saturated carbocycles. The minimum absolute atomic E-state index is 0.0486. The van der Waals surface area contributed by atoms with Gasteiger partial charge in [0.25, 0.3) is 0 Å². The minimum Gasteiger partial charge on any atom is -0.457 e. The van der Waals surface area contributed by atoms with E-state index >= 15 is 0 Å². The molecule has 1 spiro atoms. The van der Waals surface area contributed by atoms with Crippen molar-refractivity contribution in [1.29, 1.82) is 0 Å². The predicted octanol–water partition coefficient (Wildman–Crippen LogP) is 6.11. The van der Waals surface area contributed by atoms with Gasteiger partial charge in [-0.2, -0.15) is 5.10 Å². The van der Waals surface area contributed by atoms with Crippen molar-refractivity contribution in [3.8, 4) is 22.8 Å². The van der Waals surface area contributed by atoms with E-state index in [1.54, 1.807) is 0 Å². The maximum absolute atomic E-state index is 6.47. The lowest BCUT2D eigenvalue weighted by Gasteiger charge is -2.39. The Morgan fingerprint density at radius 2 is 1.52 bits per heavy atom. The first-order chi connectivity index (χ1) is 14.0. The summed E-state index contributed by atoms with van der Waals surface area (Å²) in [5, 5.41) is 4.82. The Hall–Kier alpha value is -3.33. The Labute approximate surface area is 170 Å². The Kier molecular flexibility index (Phi) is 3.08. The van der Waals surface area contributed by atoms with Crippen molar-refractivity contribution in [3.05, 3.63) is 101 Å².